The summed E-state index contributed by atoms with van der Waals surface area (Å²) >= 11 is 0.986. The Morgan fingerprint density at radius 2 is 1.75 bits per heavy atom. The van der Waals surface area contributed by atoms with Crippen LogP contribution in [0.4, 0.5) is 9.52 Å². The molecule has 2 heterocycles. The van der Waals surface area contributed by atoms with E-state index in [1.54, 1.807) is 31.2 Å². The van der Waals surface area contributed by atoms with Gasteiger partial charge < -0.3 is 9.84 Å². The van der Waals surface area contributed by atoms with Gasteiger partial charge in [-0.05, 0) is 61.4 Å². The number of carbonyl (C=O) groups is 3. The van der Waals surface area contributed by atoms with E-state index in [-0.39, 0.29) is 22.2 Å². The monoisotopic (exact) mass is 556 g/mol. The number of aliphatic hydroxyl groups excluding tert-OH is 1. The van der Waals surface area contributed by atoms with Gasteiger partial charge in [-0.1, -0.05) is 53.3 Å². The zero-order valence-electron chi connectivity index (χ0n) is 22.0. The van der Waals surface area contributed by atoms with E-state index in [1.807, 2.05) is 31.2 Å². The number of benzene rings is 3. The highest BCUT2D eigenvalue weighted by molar-refractivity contribution is 7.18. The molecule has 0 aliphatic carbocycles. The van der Waals surface area contributed by atoms with Crippen LogP contribution in [-0.4, -0.2) is 27.6 Å². The van der Waals surface area contributed by atoms with Crippen molar-refractivity contribution in [2.24, 2.45) is 0 Å². The Labute approximate surface area is 234 Å². The third kappa shape index (κ3) is 5.15. The number of halogens is 1. The zero-order valence-corrected chi connectivity index (χ0v) is 22.8. The van der Waals surface area contributed by atoms with E-state index >= 15 is 0 Å². The van der Waals surface area contributed by atoms with Crippen LogP contribution in [0.25, 0.3) is 5.76 Å². The molecular weight excluding hydrogens is 531 g/mol. The number of nitrogens with zero attached hydrogens (tertiary/aromatic N) is 2. The number of Topliss-reactive ketones (excluding diaryl/α,β-unsaturated/α-hetero) is 2. The number of ketones is 2. The Morgan fingerprint density at radius 3 is 2.38 bits per heavy atom. The van der Waals surface area contributed by atoms with Crippen LogP contribution in [0.3, 0.4) is 0 Å². The summed E-state index contributed by atoms with van der Waals surface area (Å²) in [4.78, 5) is 44.6. The average molecular weight is 557 g/mol. The number of anilines is 1. The van der Waals surface area contributed by atoms with E-state index in [0.717, 1.165) is 27.4 Å². The number of amides is 1. The van der Waals surface area contributed by atoms with Crippen LogP contribution < -0.4 is 9.64 Å². The molecule has 1 aliphatic heterocycles. The maximum atomic E-state index is 13.8. The number of hydrogen-bond donors (Lipinski definition) is 1. The smallest absolute Gasteiger partial charge is 0.301 e. The number of hydrogen-bond acceptors (Lipinski definition) is 7. The molecule has 1 fully saturated rings. The second kappa shape index (κ2) is 10.9. The van der Waals surface area contributed by atoms with E-state index in [2.05, 4.69) is 4.98 Å². The van der Waals surface area contributed by atoms with Crippen LogP contribution >= 0.6 is 11.3 Å². The van der Waals surface area contributed by atoms with Gasteiger partial charge in [0.15, 0.2) is 10.9 Å². The maximum Gasteiger partial charge on any atom is 0.301 e. The number of ether oxygens (including phenoxy) is 1. The molecular formula is C31H25FN2O5S. The minimum atomic E-state index is -1.08. The molecule has 9 heteroatoms. The van der Waals surface area contributed by atoms with Crippen molar-refractivity contribution in [1.82, 2.24) is 4.98 Å². The predicted molar refractivity (Wildman–Crippen MR) is 150 cm³/mol. The second-order valence-electron chi connectivity index (χ2n) is 9.49. The number of aromatic nitrogens is 1. The van der Waals surface area contributed by atoms with E-state index in [4.69, 9.17) is 4.74 Å². The molecule has 1 N–H and O–H groups in total. The van der Waals surface area contributed by atoms with Crippen molar-refractivity contribution >= 4 is 39.7 Å². The third-order valence-electron chi connectivity index (χ3n) is 6.56. The van der Waals surface area contributed by atoms with Crippen molar-refractivity contribution in [3.05, 3.63) is 117 Å². The van der Waals surface area contributed by atoms with Crippen molar-refractivity contribution in [3.8, 4) is 5.75 Å². The molecule has 5 rings (SSSR count). The largest absolute Gasteiger partial charge is 0.507 e. The fraction of sp³-hybridized carbons (Fsp3) is 0.161. The van der Waals surface area contributed by atoms with E-state index in [0.29, 0.717) is 34.1 Å². The Hall–Kier alpha value is -4.63. The summed E-state index contributed by atoms with van der Waals surface area (Å²) < 4.78 is 19.6. The molecule has 1 amide bonds. The molecule has 1 aromatic heterocycles. The highest BCUT2D eigenvalue weighted by Crippen LogP contribution is 2.44. The van der Waals surface area contributed by atoms with Gasteiger partial charge in [0.1, 0.15) is 23.9 Å². The van der Waals surface area contributed by atoms with Gasteiger partial charge in [0.2, 0.25) is 0 Å². The normalized spacial score (nSPS) is 16.4. The molecule has 1 atom stereocenters. The van der Waals surface area contributed by atoms with Crippen molar-refractivity contribution in [2.75, 3.05) is 4.90 Å². The van der Waals surface area contributed by atoms with E-state index in [1.165, 1.54) is 31.2 Å². The predicted octanol–water partition coefficient (Wildman–Crippen LogP) is 6.31. The van der Waals surface area contributed by atoms with Gasteiger partial charge in [-0.3, -0.25) is 19.3 Å². The van der Waals surface area contributed by atoms with Gasteiger partial charge in [-0.15, -0.1) is 0 Å². The highest BCUT2D eigenvalue weighted by atomic mass is 32.1. The molecule has 7 nitrogen and oxygen atoms in total. The lowest BCUT2D eigenvalue weighted by Crippen LogP contribution is -2.29. The second-order valence-corrected chi connectivity index (χ2v) is 10.5. The molecule has 0 bridgehead atoms. The Balaban J connectivity index is 1.52. The molecule has 4 aromatic rings. The molecule has 1 unspecified atom stereocenters. The summed E-state index contributed by atoms with van der Waals surface area (Å²) in [6, 6.07) is 18.7. The minimum Gasteiger partial charge on any atom is -0.507 e. The van der Waals surface area contributed by atoms with Gasteiger partial charge in [0, 0.05) is 12.5 Å². The summed E-state index contributed by atoms with van der Waals surface area (Å²) in [6.45, 7) is 5.40. The van der Waals surface area contributed by atoms with Crippen LogP contribution in [0, 0.1) is 19.7 Å². The summed E-state index contributed by atoms with van der Waals surface area (Å²) in [5.41, 5.74) is 3.09. The molecule has 202 valence electrons. The average Bonchev–Trinajstić information content (AvgIpc) is 3.44. The van der Waals surface area contributed by atoms with Crippen LogP contribution in [-0.2, 0) is 16.2 Å². The van der Waals surface area contributed by atoms with Gasteiger partial charge in [0.25, 0.3) is 5.78 Å². The number of aryl methyl sites for hydroxylation is 2. The van der Waals surface area contributed by atoms with E-state index < -0.39 is 23.5 Å². The van der Waals surface area contributed by atoms with Crippen LogP contribution in [0.1, 0.15) is 50.6 Å². The fourth-order valence-corrected chi connectivity index (χ4v) is 5.62. The third-order valence-corrected chi connectivity index (χ3v) is 7.81. The summed E-state index contributed by atoms with van der Waals surface area (Å²) in [5, 5.41) is 11.5. The number of thiazole rings is 1. The van der Waals surface area contributed by atoms with Gasteiger partial charge >= 0.3 is 5.91 Å². The van der Waals surface area contributed by atoms with Crippen LogP contribution in [0.5, 0.6) is 5.75 Å². The lowest BCUT2D eigenvalue weighted by Gasteiger charge is -2.23. The molecule has 0 saturated carbocycles. The Bertz CT molecular complexity index is 1660. The fourth-order valence-electron chi connectivity index (χ4n) is 4.64. The first-order chi connectivity index (χ1) is 19.1. The van der Waals surface area contributed by atoms with Crippen molar-refractivity contribution in [3.63, 3.8) is 0 Å². The zero-order chi connectivity index (χ0) is 28.6. The standard InChI is InChI=1S/C31H25FN2O5S/c1-17-5-4-6-20(15-17)16-39-24-13-9-22(10-14-24)27(36)25-26(21-7-11-23(32)12-8-21)34(30(38)28(25)37)31-33-18(2)29(40-31)19(3)35/h4-15,26,36H,16H2,1-3H3/b27-25+. The summed E-state index contributed by atoms with van der Waals surface area (Å²) in [7, 11) is 0. The first-order valence-corrected chi connectivity index (χ1v) is 13.3. The minimum absolute atomic E-state index is 0.137. The number of aliphatic hydroxyl groups is 1. The molecule has 1 saturated heterocycles. The van der Waals surface area contributed by atoms with E-state index in [9.17, 15) is 23.9 Å². The molecule has 0 spiro atoms. The summed E-state index contributed by atoms with van der Waals surface area (Å²) in [6.07, 6.45) is 0. The number of rotatable bonds is 7. The molecule has 1 aliphatic rings. The topological polar surface area (TPSA) is 96.8 Å². The van der Waals surface area contributed by atoms with Crippen LogP contribution in [0.2, 0.25) is 0 Å². The maximum absolute atomic E-state index is 13.8. The first-order valence-electron chi connectivity index (χ1n) is 12.5. The quantitative estimate of drug-likeness (QED) is 0.124. The van der Waals surface area contributed by atoms with Gasteiger partial charge in [-0.2, -0.15) is 0 Å². The molecule has 0 radical (unpaired) electrons. The lowest BCUT2D eigenvalue weighted by atomic mass is 9.95. The number of carbonyl (C=O) groups excluding carboxylic acids is 3. The lowest BCUT2D eigenvalue weighted by molar-refractivity contribution is -0.132. The molecule has 40 heavy (non-hydrogen) atoms. The Kier molecular flexibility index (Phi) is 7.32. The molecule has 3 aromatic carbocycles. The summed E-state index contributed by atoms with van der Waals surface area (Å²) in [5.74, 6) is -2.36. The van der Waals surface area contributed by atoms with Crippen molar-refractivity contribution < 1.29 is 28.6 Å². The van der Waals surface area contributed by atoms with Crippen LogP contribution in [0.15, 0.2) is 78.4 Å². The van der Waals surface area contributed by atoms with Gasteiger partial charge in [-0.25, -0.2) is 9.37 Å². The van der Waals surface area contributed by atoms with Crippen molar-refractivity contribution in [1.29, 1.82) is 0 Å². The Morgan fingerprint density at radius 1 is 1.05 bits per heavy atom. The first kappa shape index (κ1) is 27.0. The highest BCUT2D eigenvalue weighted by Gasteiger charge is 2.48. The van der Waals surface area contributed by atoms with Gasteiger partial charge in [0.05, 0.1) is 22.2 Å². The van der Waals surface area contributed by atoms with Crippen molar-refractivity contribution in [2.45, 2.75) is 33.4 Å². The SMILES string of the molecule is CC(=O)c1sc(N2C(=O)C(=O)/C(=C(/O)c3ccc(OCc4cccc(C)c4)cc3)C2c2ccc(F)cc2)nc1C.